The van der Waals surface area contributed by atoms with Gasteiger partial charge in [0.15, 0.2) is 0 Å². The van der Waals surface area contributed by atoms with Crippen LogP contribution in [0, 0.1) is 0 Å². The summed E-state index contributed by atoms with van der Waals surface area (Å²) in [6, 6.07) is 5.62. The highest BCUT2D eigenvalue weighted by Gasteiger charge is 2.33. The lowest BCUT2D eigenvalue weighted by Crippen LogP contribution is -2.57. The first-order chi connectivity index (χ1) is 12.9. The Hall–Kier alpha value is -2.94. The second kappa shape index (κ2) is 9.67. The van der Waals surface area contributed by atoms with Gasteiger partial charge in [-0.3, -0.25) is 24.1 Å². The molecule has 9 heteroatoms. The molecule has 1 aromatic rings. The van der Waals surface area contributed by atoms with Gasteiger partial charge in [-0.2, -0.15) is 0 Å². The van der Waals surface area contributed by atoms with Crippen LogP contribution in [-0.2, 0) is 19.1 Å². The van der Waals surface area contributed by atoms with Crippen LogP contribution >= 0.6 is 0 Å². The number of amides is 3. The molecule has 1 unspecified atom stereocenters. The molecule has 0 spiro atoms. The first-order valence-corrected chi connectivity index (χ1v) is 8.78. The molecule has 1 aromatic carbocycles. The van der Waals surface area contributed by atoms with Crippen molar-refractivity contribution in [1.29, 1.82) is 0 Å². The van der Waals surface area contributed by atoms with Crippen molar-refractivity contribution in [2.45, 2.75) is 25.8 Å². The molecule has 2 rings (SSSR count). The quantitative estimate of drug-likeness (QED) is 0.542. The van der Waals surface area contributed by atoms with E-state index in [1.165, 1.54) is 6.07 Å². The highest BCUT2D eigenvalue weighted by molar-refractivity contribution is 6.03. The van der Waals surface area contributed by atoms with Crippen LogP contribution in [0.15, 0.2) is 24.3 Å². The minimum Gasteiger partial charge on any atom is -0.466 e. The molecule has 9 nitrogen and oxygen atoms in total. The summed E-state index contributed by atoms with van der Waals surface area (Å²) < 4.78 is 5.04. The van der Waals surface area contributed by atoms with Crippen LogP contribution in [0.25, 0.3) is 0 Å². The number of nitrogens with two attached hydrogens (primary N) is 1. The number of rotatable bonds is 8. The van der Waals surface area contributed by atoms with Crippen LogP contribution in [0.4, 0.5) is 5.69 Å². The number of esters is 1. The van der Waals surface area contributed by atoms with E-state index in [2.05, 4.69) is 10.6 Å². The van der Waals surface area contributed by atoms with E-state index in [0.29, 0.717) is 25.2 Å². The normalized spacial score (nSPS) is 17.1. The van der Waals surface area contributed by atoms with E-state index in [0.717, 1.165) is 0 Å². The molecule has 1 atom stereocenters. The molecule has 146 valence electrons. The molecule has 0 saturated carbocycles. The van der Waals surface area contributed by atoms with Gasteiger partial charge in [0.25, 0.3) is 5.91 Å². The Labute approximate surface area is 157 Å². The maximum atomic E-state index is 12.4. The van der Waals surface area contributed by atoms with Crippen LogP contribution in [0.5, 0.6) is 0 Å². The first kappa shape index (κ1) is 20.4. The number of carbonyl (C=O) groups excluding carboxylic acids is 4. The molecule has 1 saturated heterocycles. The third-order valence-corrected chi connectivity index (χ3v) is 4.08. The topological polar surface area (TPSA) is 131 Å². The van der Waals surface area contributed by atoms with E-state index in [-0.39, 0.29) is 31.0 Å². The number of primary amides is 1. The number of nitrogens with one attached hydrogen (secondary N) is 2. The number of hydrogen-bond donors (Lipinski definition) is 3. The summed E-state index contributed by atoms with van der Waals surface area (Å²) in [7, 11) is 0. The lowest BCUT2D eigenvalue weighted by Gasteiger charge is -2.33. The second-order valence-corrected chi connectivity index (χ2v) is 6.16. The number of piperazine rings is 1. The Kier molecular flexibility index (Phi) is 7.30. The highest BCUT2D eigenvalue weighted by Crippen LogP contribution is 2.15. The van der Waals surface area contributed by atoms with Crippen molar-refractivity contribution >= 4 is 29.4 Å². The summed E-state index contributed by atoms with van der Waals surface area (Å²) in [5.74, 6) is -1.87. The minimum atomic E-state index is -0.778. The molecule has 3 amide bonds. The molecular formula is C18H24N4O5. The number of benzene rings is 1. The Bertz CT molecular complexity index is 721. The molecule has 0 aliphatic carbocycles. The maximum absolute atomic E-state index is 12.4. The SMILES string of the molecule is CCCOC(=O)CC1C(=O)NCCN1CC(=O)Nc1ccccc1C(N)=O. The molecule has 0 bridgehead atoms. The van der Waals surface area contributed by atoms with Crippen molar-refractivity contribution in [1.82, 2.24) is 10.2 Å². The van der Waals surface area contributed by atoms with Crippen LogP contribution in [-0.4, -0.2) is 60.9 Å². The van der Waals surface area contributed by atoms with Gasteiger partial charge in [0.1, 0.15) is 6.04 Å². The van der Waals surface area contributed by atoms with Gasteiger partial charge >= 0.3 is 5.97 Å². The zero-order chi connectivity index (χ0) is 19.8. The van der Waals surface area contributed by atoms with E-state index in [1.54, 1.807) is 23.1 Å². The fourth-order valence-corrected chi connectivity index (χ4v) is 2.79. The van der Waals surface area contributed by atoms with Crippen LogP contribution in [0.1, 0.15) is 30.1 Å². The van der Waals surface area contributed by atoms with Crippen molar-refractivity contribution in [3.63, 3.8) is 0 Å². The lowest BCUT2D eigenvalue weighted by atomic mass is 10.1. The Morgan fingerprint density at radius 1 is 1.33 bits per heavy atom. The minimum absolute atomic E-state index is 0.105. The van der Waals surface area contributed by atoms with E-state index < -0.39 is 23.8 Å². The Morgan fingerprint density at radius 2 is 2.07 bits per heavy atom. The second-order valence-electron chi connectivity index (χ2n) is 6.16. The van der Waals surface area contributed by atoms with Crippen molar-refractivity contribution < 1.29 is 23.9 Å². The molecule has 1 aliphatic heterocycles. The van der Waals surface area contributed by atoms with Gasteiger partial charge < -0.3 is 21.1 Å². The Morgan fingerprint density at radius 3 is 2.78 bits per heavy atom. The fourth-order valence-electron chi connectivity index (χ4n) is 2.79. The third kappa shape index (κ3) is 5.78. The predicted octanol–water partition coefficient (Wildman–Crippen LogP) is -0.132. The van der Waals surface area contributed by atoms with Gasteiger partial charge in [-0.25, -0.2) is 0 Å². The fraction of sp³-hybridized carbons (Fsp3) is 0.444. The number of ether oxygens (including phenoxy) is 1. The molecule has 1 heterocycles. The molecule has 27 heavy (non-hydrogen) atoms. The van der Waals surface area contributed by atoms with Crippen molar-refractivity contribution in [3.8, 4) is 0 Å². The molecule has 0 radical (unpaired) electrons. The average Bonchev–Trinajstić information content (AvgIpc) is 2.63. The number of anilines is 1. The summed E-state index contributed by atoms with van der Waals surface area (Å²) in [5.41, 5.74) is 5.80. The van der Waals surface area contributed by atoms with E-state index in [9.17, 15) is 19.2 Å². The third-order valence-electron chi connectivity index (χ3n) is 4.08. The monoisotopic (exact) mass is 376 g/mol. The van der Waals surface area contributed by atoms with Gasteiger partial charge in [0.05, 0.1) is 30.8 Å². The summed E-state index contributed by atoms with van der Waals surface area (Å²) >= 11 is 0. The van der Waals surface area contributed by atoms with E-state index in [1.807, 2.05) is 6.92 Å². The average molecular weight is 376 g/mol. The lowest BCUT2D eigenvalue weighted by molar-refractivity contribution is -0.148. The smallest absolute Gasteiger partial charge is 0.307 e. The van der Waals surface area contributed by atoms with Crippen LogP contribution in [0.2, 0.25) is 0 Å². The molecule has 4 N–H and O–H groups in total. The largest absolute Gasteiger partial charge is 0.466 e. The van der Waals surface area contributed by atoms with Crippen molar-refractivity contribution in [2.75, 3.05) is 31.6 Å². The van der Waals surface area contributed by atoms with Gasteiger partial charge in [-0.15, -0.1) is 0 Å². The maximum Gasteiger partial charge on any atom is 0.307 e. The first-order valence-electron chi connectivity index (χ1n) is 8.78. The number of nitrogens with zero attached hydrogens (tertiary/aromatic N) is 1. The zero-order valence-corrected chi connectivity index (χ0v) is 15.2. The predicted molar refractivity (Wildman–Crippen MR) is 97.8 cm³/mol. The Balaban J connectivity index is 2.02. The summed E-state index contributed by atoms with van der Waals surface area (Å²) in [4.78, 5) is 49.5. The summed E-state index contributed by atoms with van der Waals surface area (Å²) in [6.45, 7) is 2.86. The summed E-state index contributed by atoms with van der Waals surface area (Å²) in [5, 5.41) is 5.32. The van der Waals surface area contributed by atoms with Crippen LogP contribution in [0.3, 0.4) is 0 Å². The standard InChI is InChI=1S/C18H24N4O5/c1-2-9-27-16(24)10-14-18(26)20-7-8-22(14)11-15(23)21-13-6-4-3-5-12(13)17(19)25/h3-6,14H,2,7-11H2,1H3,(H2,19,25)(H,20,26)(H,21,23). The van der Waals surface area contributed by atoms with Gasteiger partial charge in [0, 0.05) is 13.1 Å². The zero-order valence-electron chi connectivity index (χ0n) is 15.2. The molecule has 1 fully saturated rings. The number of carbonyl (C=O) groups is 4. The van der Waals surface area contributed by atoms with Crippen LogP contribution < -0.4 is 16.4 Å². The van der Waals surface area contributed by atoms with E-state index in [4.69, 9.17) is 10.5 Å². The van der Waals surface area contributed by atoms with Crippen molar-refractivity contribution in [3.05, 3.63) is 29.8 Å². The highest BCUT2D eigenvalue weighted by atomic mass is 16.5. The van der Waals surface area contributed by atoms with Gasteiger partial charge in [0.2, 0.25) is 11.8 Å². The van der Waals surface area contributed by atoms with Crippen molar-refractivity contribution in [2.24, 2.45) is 5.73 Å². The van der Waals surface area contributed by atoms with E-state index >= 15 is 0 Å². The summed E-state index contributed by atoms with van der Waals surface area (Å²) in [6.07, 6.45) is 0.560. The molecular weight excluding hydrogens is 352 g/mol. The van der Waals surface area contributed by atoms with Gasteiger partial charge in [-0.1, -0.05) is 19.1 Å². The molecule has 0 aromatic heterocycles. The number of para-hydroxylation sites is 1. The number of hydrogen-bond acceptors (Lipinski definition) is 6. The molecule has 1 aliphatic rings. The van der Waals surface area contributed by atoms with Gasteiger partial charge in [-0.05, 0) is 18.6 Å².